The number of imidazole rings is 1. The van der Waals surface area contributed by atoms with E-state index in [2.05, 4.69) is 20.6 Å². The normalized spacial score (nSPS) is 14.7. The van der Waals surface area contributed by atoms with E-state index >= 15 is 0 Å². The van der Waals surface area contributed by atoms with E-state index in [0.717, 1.165) is 16.9 Å². The first-order chi connectivity index (χ1) is 12.0. The number of likely N-dealkylation sites (tertiary alicyclic amines) is 1. The fourth-order valence-electron chi connectivity index (χ4n) is 3.33. The summed E-state index contributed by atoms with van der Waals surface area (Å²) < 4.78 is 3.54. The van der Waals surface area contributed by atoms with Crippen LogP contribution in [0, 0.1) is 13.8 Å². The van der Waals surface area contributed by atoms with E-state index < -0.39 is 0 Å². The highest BCUT2D eigenvalue weighted by Gasteiger charge is 2.33. The number of hydrogen-bond acceptors (Lipinski definition) is 4. The second kappa shape index (κ2) is 5.84. The van der Waals surface area contributed by atoms with Gasteiger partial charge in [-0.05, 0) is 26.0 Å². The SMILES string of the molecule is Cc1cc(=O)n(CC(=O)N2CC(n3c(C)nc4ccccc43)C2)cn1. The van der Waals surface area contributed by atoms with Gasteiger partial charge < -0.3 is 9.47 Å². The topological polar surface area (TPSA) is 73.0 Å². The van der Waals surface area contributed by atoms with Gasteiger partial charge in [0.25, 0.3) is 5.56 Å². The summed E-state index contributed by atoms with van der Waals surface area (Å²) in [6.45, 7) is 5.04. The Hall–Kier alpha value is -2.96. The van der Waals surface area contributed by atoms with E-state index in [1.807, 2.05) is 25.1 Å². The van der Waals surface area contributed by atoms with Crippen molar-refractivity contribution in [3.05, 3.63) is 58.5 Å². The zero-order valence-corrected chi connectivity index (χ0v) is 14.2. The minimum Gasteiger partial charge on any atom is -0.337 e. The molecule has 25 heavy (non-hydrogen) atoms. The molecule has 1 fully saturated rings. The lowest BCUT2D eigenvalue weighted by Gasteiger charge is -2.40. The molecule has 1 aromatic carbocycles. The minimum atomic E-state index is -0.200. The highest BCUT2D eigenvalue weighted by molar-refractivity contribution is 5.78. The Balaban J connectivity index is 1.47. The van der Waals surface area contributed by atoms with Crippen molar-refractivity contribution in [3.8, 4) is 0 Å². The Morgan fingerprint density at radius 2 is 2.00 bits per heavy atom. The lowest BCUT2D eigenvalue weighted by Crippen LogP contribution is -2.52. The number of aromatic nitrogens is 4. The van der Waals surface area contributed by atoms with Gasteiger partial charge in [-0.25, -0.2) is 9.97 Å². The van der Waals surface area contributed by atoms with Crippen LogP contribution in [0.3, 0.4) is 0 Å². The number of rotatable bonds is 3. The summed E-state index contributed by atoms with van der Waals surface area (Å²) in [7, 11) is 0. The Morgan fingerprint density at radius 3 is 2.76 bits per heavy atom. The van der Waals surface area contributed by atoms with Gasteiger partial charge in [0.1, 0.15) is 12.4 Å². The van der Waals surface area contributed by atoms with Crippen LogP contribution in [0.15, 0.2) is 41.5 Å². The number of fused-ring (bicyclic) bond motifs is 1. The molecule has 4 rings (SSSR count). The van der Waals surface area contributed by atoms with Crippen LogP contribution in [0.25, 0.3) is 11.0 Å². The van der Waals surface area contributed by atoms with Gasteiger partial charge in [-0.1, -0.05) is 12.1 Å². The Morgan fingerprint density at radius 1 is 1.24 bits per heavy atom. The molecule has 7 nitrogen and oxygen atoms in total. The fraction of sp³-hybridized carbons (Fsp3) is 0.333. The largest absolute Gasteiger partial charge is 0.337 e. The highest BCUT2D eigenvalue weighted by atomic mass is 16.2. The van der Waals surface area contributed by atoms with E-state index in [1.54, 1.807) is 11.8 Å². The van der Waals surface area contributed by atoms with Crippen LogP contribution in [0.5, 0.6) is 0 Å². The van der Waals surface area contributed by atoms with Gasteiger partial charge >= 0.3 is 0 Å². The molecule has 3 aromatic rings. The summed E-state index contributed by atoms with van der Waals surface area (Å²) in [4.78, 5) is 34.7. The Labute approximate surface area is 144 Å². The standard InChI is InChI=1S/C18H19N5O2/c1-12-7-17(24)22(11-19-12)10-18(25)21-8-14(9-21)23-13(2)20-15-5-3-4-6-16(15)23/h3-7,11,14H,8-10H2,1-2H3. The molecule has 0 atom stereocenters. The van der Waals surface area contributed by atoms with Gasteiger partial charge in [0, 0.05) is 24.8 Å². The predicted octanol–water partition coefficient (Wildman–Crippen LogP) is 1.29. The van der Waals surface area contributed by atoms with Crippen LogP contribution in [0.2, 0.25) is 0 Å². The van der Waals surface area contributed by atoms with E-state index in [0.29, 0.717) is 18.8 Å². The molecular weight excluding hydrogens is 318 g/mol. The first-order valence-corrected chi connectivity index (χ1v) is 8.27. The molecular formula is C18H19N5O2. The third-order valence-corrected chi connectivity index (χ3v) is 4.67. The maximum Gasteiger partial charge on any atom is 0.253 e. The van der Waals surface area contributed by atoms with Gasteiger partial charge in [0.2, 0.25) is 5.91 Å². The van der Waals surface area contributed by atoms with Crippen LogP contribution in [-0.4, -0.2) is 43.0 Å². The van der Waals surface area contributed by atoms with Gasteiger partial charge in [-0.3, -0.25) is 14.2 Å². The predicted molar refractivity (Wildman–Crippen MR) is 93.3 cm³/mol. The van der Waals surface area contributed by atoms with Crippen molar-refractivity contribution in [2.24, 2.45) is 0 Å². The van der Waals surface area contributed by atoms with E-state index in [-0.39, 0.29) is 24.1 Å². The van der Waals surface area contributed by atoms with E-state index in [1.165, 1.54) is 17.0 Å². The molecule has 0 aliphatic carbocycles. The number of carbonyl (C=O) groups excluding carboxylic acids is 1. The summed E-state index contributed by atoms with van der Waals surface area (Å²) in [5.41, 5.74) is 2.52. The van der Waals surface area contributed by atoms with Crippen molar-refractivity contribution in [2.75, 3.05) is 13.1 Å². The third kappa shape index (κ3) is 2.71. The van der Waals surface area contributed by atoms with Gasteiger partial charge in [-0.2, -0.15) is 0 Å². The number of para-hydroxylation sites is 2. The number of hydrogen-bond donors (Lipinski definition) is 0. The van der Waals surface area contributed by atoms with Crippen LogP contribution in [-0.2, 0) is 11.3 Å². The van der Waals surface area contributed by atoms with Crippen LogP contribution >= 0.6 is 0 Å². The summed E-state index contributed by atoms with van der Waals surface area (Å²) in [5, 5.41) is 0. The van der Waals surface area contributed by atoms with Crippen LogP contribution in [0.1, 0.15) is 17.6 Å². The molecule has 7 heteroatoms. The maximum atomic E-state index is 12.4. The summed E-state index contributed by atoms with van der Waals surface area (Å²) in [6, 6.07) is 9.69. The molecule has 0 spiro atoms. The second-order valence-electron chi connectivity index (χ2n) is 6.47. The van der Waals surface area contributed by atoms with Crippen LogP contribution < -0.4 is 5.56 Å². The molecule has 1 amide bonds. The number of nitrogens with zero attached hydrogens (tertiary/aromatic N) is 5. The summed E-state index contributed by atoms with van der Waals surface area (Å²) in [6.07, 6.45) is 1.43. The maximum absolute atomic E-state index is 12.4. The third-order valence-electron chi connectivity index (χ3n) is 4.67. The van der Waals surface area contributed by atoms with Crippen molar-refractivity contribution in [1.29, 1.82) is 0 Å². The average Bonchev–Trinajstić information content (AvgIpc) is 2.85. The molecule has 2 aromatic heterocycles. The van der Waals surface area contributed by atoms with Crippen molar-refractivity contribution in [1.82, 2.24) is 24.0 Å². The van der Waals surface area contributed by atoms with Crippen molar-refractivity contribution in [2.45, 2.75) is 26.4 Å². The number of carbonyl (C=O) groups is 1. The van der Waals surface area contributed by atoms with Gasteiger partial charge in [0.15, 0.2) is 0 Å². The lowest BCUT2D eigenvalue weighted by molar-refractivity contribution is -0.137. The molecule has 128 valence electrons. The number of benzene rings is 1. The van der Waals surface area contributed by atoms with E-state index in [4.69, 9.17) is 0 Å². The molecule has 1 saturated heterocycles. The molecule has 0 unspecified atom stereocenters. The van der Waals surface area contributed by atoms with Crippen LogP contribution in [0.4, 0.5) is 0 Å². The highest BCUT2D eigenvalue weighted by Crippen LogP contribution is 2.27. The van der Waals surface area contributed by atoms with Crippen molar-refractivity contribution < 1.29 is 4.79 Å². The molecule has 3 heterocycles. The van der Waals surface area contributed by atoms with Gasteiger partial charge in [-0.15, -0.1) is 0 Å². The van der Waals surface area contributed by atoms with Crippen molar-refractivity contribution in [3.63, 3.8) is 0 Å². The lowest BCUT2D eigenvalue weighted by atomic mass is 10.1. The fourth-order valence-corrected chi connectivity index (χ4v) is 3.33. The zero-order valence-electron chi connectivity index (χ0n) is 14.2. The number of aryl methyl sites for hydroxylation is 2. The quantitative estimate of drug-likeness (QED) is 0.722. The smallest absolute Gasteiger partial charge is 0.253 e. The molecule has 0 radical (unpaired) electrons. The summed E-state index contributed by atoms with van der Waals surface area (Å²) in [5.74, 6) is 0.892. The van der Waals surface area contributed by atoms with Crippen molar-refractivity contribution >= 4 is 16.9 Å². The molecule has 0 bridgehead atoms. The van der Waals surface area contributed by atoms with E-state index in [9.17, 15) is 9.59 Å². The molecule has 0 saturated carbocycles. The zero-order chi connectivity index (χ0) is 17.6. The first kappa shape index (κ1) is 15.6. The Kier molecular flexibility index (Phi) is 3.63. The number of amides is 1. The first-order valence-electron chi connectivity index (χ1n) is 8.27. The second-order valence-corrected chi connectivity index (χ2v) is 6.47. The Bertz CT molecular complexity index is 1010. The molecule has 0 N–H and O–H groups in total. The average molecular weight is 337 g/mol. The minimum absolute atomic E-state index is 0.0302. The van der Waals surface area contributed by atoms with Gasteiger partial charge in [0.05, 0.1) is 23.4 Å². The monoisotopic (exact) mass is 337 g/mol. The summed E-state index contributed by atoms with van der Waals surface area (Å²) >= 11 is 0. The molecule has 1 aliphatic rings. The molecule has 1 aliphatic heterocycles.